The summed E-state index contributed by atoms with van der Waals surface area (Å²) in [5, 5.41) is 5.96. The number of hydrogen-bond acceptors (Lipinski definition) is 5. The maximum Gasteiger partial charge on any atom is 0.161 e. The largest absolute Gasteiger partial charge is 0.344 e. The first-order valence-corrected chi connectivity index (χ1v) is 21.6. The van der Waals surface area contributed by atoms with Gasteiger partial charge >= 0.3 is 0 Å². The summed E-state index contributed by atoms with van der Waals surface area (Å²) < 4.78 is 0. The molecule has 1 unspecified atom stereocenters. The molecule has 0 fully saturated rings. The van der Waals surface area contributed by atoms with E-state index in [1.807, 2.05) is 60.7 Å². The first-order valence-electron chi connectivity index (χ1n) is 21.6. The first kappa shape index (κ1) is 38.4. The van der Waals surface area contributed by atoms with Crippen molar-refractivity contribution in [3.05, 3.63) is 253 Å². The van der Waals surface area contributed by atoms with Gasteiger partial charge in [-0.1, -0.05) is 231 Å². The summed E-state index contributed by atoms with van der Waals surface area (Å²) >= 11 is 0. The molecule has 1 aromatic heterocycles. The fourth-order valence-corrected chi connectivity index (χ4v) is 8.67. The minimum atomic E-state index is -0.306. The third-order valence-corrected chi connectivity index (χ3v) is 11.8. The molecule has 64 heavy (non-hydrogen) atoms. The molecule has 11 rings (SSSR count). The van der Waals surface area contributed by atoms with Crippen molar-refractivity contribution in [1.29, 1.82) is 0 Å². The zero-order valence-electron chi connectivity index (χ0n) is 34.9. The van der Waals surface area contributed by atoms with Gasteiger partial charge in [0.15, 0.2) is 11.7 Å². The molecule has 0 radical (unpaired) electrons. The predicted molar refractivity (Wildman–Crippen MR) is 264 cm³/mol. The quantitative estimate of drug-likeness (QED) is 0.158. The van der Waals surface area contributed by atoms with Crippen LogP contribution in [0.2, 0.25) is 0 Å². The lowest BCUT2D eigenvalue weighted by atomic mass is 9.87. The number of aliphatic imine (C=N–C) groups is 2. The van der Waals surface area contributed by atoms with Crippen molar-refractivity contribution >= 4 is 22.4 Å². The average Bonchev–Trinajstić information content (AvgIpc) is 3.39. The van der Waals surface area contributed by atoms with Gasteiger partial charge in [-0.2, -0.15) is 0 Å². The highest BCUT2D eigenvalue weighted by atomic mass is 15.2. The van der Waals surface area contributed by atoms with E-state index >= 15 is 0 Å². The minimum Gasteiger partial charge on any atom is -0.344 e. The highest BCUT2D eigenvalue weighted by Crippen LogP contribution is 2.42. The molecule has 1 N–H and O–H groups in total. The highest BCUT2D eigenvalue weighted by Gasteiger charge is 2.24. The van der Waals surface area contributed by atoms with Gasteiger partial charge in [0.1, 0.15) is 12.0 Å². The van der Waals surface area contributed by atoms with E-state index in [1.165, 1.54) is 10.8 Å². The number of nitrogens with one attached hydrogen (secondary N) is 1. The fourth-order valence-electron chi connectivity index (χ4n) is 8.67. The van der Waals surface area contributed by atoms with E-state index in [-0.39, 0.29) is 6.17 Å². The Morgan fingerprint density at radius 1 is 0.359 bits per heavy atom. The molecule has 302 valence electrons. The number of benzene rings is 9. The first-order chi connectivity index (χ1) is 31.7. The number of amidine groups is 2. The summed E-state index contributed by atoms with van der Waals surface area (Å²) in [4.78, 5) is 20.9. The Morgan fingerprint density at radius 3 is 1.53 bits per heavy atom. The SMILES string of the molecule is c1ccc(C2=NC(c3ccccc3-c3ccc4ccccc4c3-c3ccc(-c4ccccc4-c4nc(-c5ccccc5)cc(-c5ccccc5)n4)cc3)=NC(c3ccccc3)N2)cc1. The molecule has 2 heterocycles. The van der Waals surface area contributed by atoms with E-state index < -0.39 is 0 Å². The van der Waals surface area contributed by atoms with Gasteiger partial charge in [-0.15, -0.1) is 0 Å². The van der Waals surface area contributed by atoms with Crippen molar-refractivity contribution in [3.8, 4) is 67.3 Å². The lowest BCUT2D eigenvalue weighted by molar-refractivity contribution is 0.674. The molecule has 10 aromatic rings. The van der Waals surface area contributed by atoms with Crippen molar-refractivity contribution in [2.24, 2.45) is 9.98 Å². The van der Waals surface area contributed by atoms with Crippen LogP contribution in [0.5, 0.6) is 0 Å². The highest BCUT2D eigenvalue weighted by molar-refractivity contribution is 6.16. The van der Waals surface area contributed by atoms with Crippen LogP contribution in [-0.2, 0) is 0 Å². The summed E-state index contributed by atoms with van der Waals surface area (Å²) in [6.07, 6.45) is -0.306. The molecule has 0 aliphatic carbocycles. The molecule has 0 saturated carbocycles. The average molecular weight is 820 g/mol. The van der Waals surface area contributed by atoms with Gasteiger partial charge in [-0.25, -0.2) is 20.0 Å². The van der Waals surface area contributed by atoms with Gasteiger partial charge in [0.2, 0.25) is 0 Å². The molecule has 9 aromatic carbocycles. The monoisotopic (exact) mass is 819 g/mol. The van der Waals surface area contributed by atoms with Crippen LogP contribution in [0.3, 0.4) is 0 Å². The standard InChI is InChI=1S/C59H41N5/c1-5-20-42(21-6-1)53-39-54(43-22-7-2-8-23-43)61-58(60-53)51-31-17-15-28-47(51)41-33-35-44(36-34-41)55-48-29-14-13-19-40(48)37-38-50(55)49-30-16-18-32-52(49)59-63-56(45-24-9-3-10-25-45)62-57(64-59)46-26-11-4-12-27-46/h1-39,56H,(H,62,63,64). The molecule has 5 nitrogen and oxygen atoms in total. The molecule has 0 saturated heterocycles. The third kappa shape index (κ3) is 7.56. The maximum absolute atomic E-state index is 5.28. The number of aromatic nitrogens is 2. The Morgan fingerprint density at radius 2 is 0.875 bits per heavy atom. The van der Waals surface area contributed by atoms with Gasteiger partial charge in [-0.05, 0) is 55.8 Å². The Hall–Kier alpha value is -8.54. The summed E-state index contributed by atoms with van der Waals surface area (Å²) in [6, 6.07) is 82.4. The van der Waals surface area contributed by atoms with Gasteiger partial charge in [0, 0.05) is 27.8 Å². The van der Waals surface area contributed by atoms with Crippen LogP contribution < -0.4 is 5.32 Å². The van der Waals surface area contributed by atoms with Gasteiger partial charge in [0.05, 0.1) is 11.4 Å². The fraction of sp³-hybridized carbons (Fsp3) is 0.0169. The van der Waals surface area contributed by atoms with Crippen LogP contribution in [0, 0.1) is 0 Å². The van der Waals surface area contributed by atoms with Crippen molar-refractivity contribution in [2.45, 2.75) is 6.17 Å². The predicted octanol–water partition coefficient (Wildman–Crippen LogP) is 14.1. The molecular formula is C59H41N5. The van der Waals surface area contributed by atoms with Crippen molar-refractivity contribution in [3.63, 3.8) is 0 Å². The molecular weight excluding hydrogens is 779 g/mol. The summed E-state index contributed by atoms with van der Waals surface area (Å²) in [6.45, 7) is 0. The van der Waals surface area contributed by atoms with Gasteiger partial charge in [0.25, 0.3) is 0 Å². The number of hydrogen-bond donors (Lipinski definition) is 1. The second kappa shape index (κ2) is 17.1. The van der Waals surface area contributed by atoms with Crippen molar-refractivity contribution in [2.75, 3.05) is 0 Å². The molecule has 0 spiro atoms. The van der Waals surface area contributed by atoms with Crippen LogP contribution in [-0.4, -0.2) is 21.6 Å². The Kier molecular flexibility index (Phi) is 10.2. The Labute approximate surface area is 372 Å². The van der Waals surface area contributed by atoms with Crippen LogP contribution in [0.1, 0.15) is 22.9 Å². The van der Waals surface area contributed by atoms with Crippen LogP contribution in [0.4, 0.5) is 0 Å². The summed E-state index contributed by atoms with van der Waals surface area (Å²) in [5.74, 6) is 2.15. The van der Waals surface area contributed by atoms with E-state index in [2.05, 4.69) is 181 Å². The van der Waals surface area contributed by atoms with E-state index in [4.69, 9.17) is 20.0 Å². The normalized spacial score (nSPS) is 13.5. The molecule has 5 heteroatoms. The molecule has 1 aliphatic heterocycles. The second-order valence-corrected chi connectivity index (χ2v) is 15.8. The van der Waals surface area contributed by atoms with Gasteiger partial charge in [-0.3, -0.25) is 0 Å². The van der Waals surface area contributed by atoms with Crippen LogP contribution in [0.25, 0.3) is 78.1 Å². The number of rotatable bonds is 9. The van der Waals surface area contributed by atoms with Crippen molar-refractivity contribution < 1.29 is 0 Å². The van der Waals surface area contributed by atoms with E-state index in [9.17, 15) is 0 Å². The second-order valence-electron chi connectivity index (χ2n) is 15.8. The van der Waals surface area contributed by atoms with Crippen LogP contribution >= 0.6 is 0 Å². The summed E-state index contributed by atoms with van der Waals surface area (Å²) in [7, 11) is 0. The molecule has 1 aliphatic rings. The zero-order valence-corrected chi connectivity index (χ0v) is 34.9. The summed E-state index contributed by atoms with van der Waals surface area (Å²) in [5.41, 5.74) is 14.4. The zero-order chi connectivity index (χ0) is 42.7. The molecule has 0 amide bonds. The maximum atomic E-state index is 5.28. The number of nitrogens with zero attached hydrogens (tertiary/aromatic N) is 4. The molecule has 1 atom stereocenters. The van der Waals surface area contributed by atoms with Gasteiger partial charge < -0.3 is 5.32 Å². The Balaban J connectivity index is 1.03. The third-order valence-electron chi connectivity index (χ3n) is 11.8. The van der Waals surface area contributed by atoms with E-state index in [0.29, 0.717) is 11.7 Å². The minimum absolute atomic E-state index is 0.306. The Bertz CT molecular complexity index is 3270. The smallest absolute Gasteiger partial charge is 0.161 e. The lowest BCUT2D eigenvalue weighted by Gasteiger charge is -2.25. The van der Waals surface area contributed by atoms with E-state index in [1.54, 1.807) is 0 Å². The topological polar surface area (TPSA) is 62.5 Å². The van der Waals surface area contributed by atoms with Crippen molar-refractivity contribution in [1.82, 2.24) is 15.3 Å². The van der Waals surface area contributed by atoms with E-state index in [0.717, 1.165) is 84.0 Å². The molecule has 0 bridgehead atoms. The number of fused-ring (bicyclic) bond motifs is 1. The van der Waals surface area contributed by atoms with Crippen LogP contribution in [0.15, 0.2) is 247 Å². The lowest BCUT2D eigenvalue weighted by Crippen LogP contribution is -2.33.